The Morgan fingerprint density at radius 3 is 2.60 bits per heavy atom. The minimum absolute atomic E-state index is 1.04. The lowest BCUT2D eigenvalue weighted by atomic mass is 10.4. The predicted octanol–water partition coefficient (Wildman–Crippen LogP) is 2.14. The Balaban J connectivity index is 2.77. The van der Waals surface area contributed by atoms with Gasteiger partial charge in [-0.1, -0.05) is 18.7 Å². The van der Waals surface area contributed by atoms with Gasteiger partial charge in [0.15, 0.2) is 5.16 Å². The van der Waals surface area contributed by atoms with Crippen molar-refractivity contribution in [1.82, 2.24) is 9.97 Å². The molecule has 2 nitrogen and oxygen atoms in total. The van der Waals surface area contributed by atoms with E-state index >= 15 is 0 Å². The van der Waals surface area contributed by atoms with Crippen LogP contribution in [0.2, 0.25) is 0 Å². The molecule has 0 aliphatic carbocycles. The third-order valence-electron chi connectivity index (χ3n) is 1.39. The summed E-state index contributed by atoms with van der Waals surface area (Å²) in [6.45, 7) is 6.19. The average molecular weight is 156 g/mol. The van der Waals surface area contributed by atoms with Crippen molar-refractivity contribution in [3.8, 4) is 0 Å². The molecule has 0 spiro atoms. The standard InChI is InChI=1S/C7H12N2S/c1-4-10-7-8-5(2)6(3)9-7/h4H2,1-3H3,(H,8,9). The molecule has 10 heavy (non-hydrogen) atoms. The average Bonchev–Trinajstić information content (AvgIpc) is 2.14. The Morgan fingerprint density at radius 1 is 1.50 bits per heavy atom. The molecule has 1 aromatic rings. The van der Waals surface area contributed by atoms with Crippen LogP contribution in [0.5, 0.6) is 0 Å². The van der Waals surface area contributed by atoms with E-state index in [1.165, 1.54) is 5.69 Å². The Hall–Kier alpha value is -0.440. The van der Waals surface area contributed by atoms with Gasteiger partial charge in [0.05, 0.1) is 5.69 Å². The van der Waals surface area contributed by atoms with Crippen LogP contribution < -0.4 is 0 Å². The highest BCUT2D eigenvalue weighted by molar-refractivity contribution is 7.99. The van der Waals surface area contributed by atoms with Crippen molar-refractivity contribution in [2.24, 2.45) is 0 Å². The topological polar surface area (TPSA) is 28.7 Å². The van der Waals surface area contributed by atoms with Crippen LogP contribution in [0.15, 0.2) is 5.16 Å². The van der Waals surface area contributed by atoms with Crippen LogP contribution in [0, 0.1) is 13.8 Å². The van der Waals surface area contributed by atoms with E-state index in [-0.39, 0.29) is 0 Å². The molecule has 1 N–H and O–H groups in total. The summed E-state index contributed by atoms with van der Waals surface area (Å²) in [6, 6.07) is 0. The molecule has 1 rings (SSSR count). The highest BCUT2D eigenvalue weighted by atomic mass is 32.2. The first-order valence-electron chi connectivity index (χ1n) is 3.40. The summed E-state index contributed by atoms with van der Waals surface area (Å²) in [5, 5.41) is 1.04. The van der Waals surface area contributed by atoms with E-state index < -0.39 is 0 Å². The molecule has 0 saturated carbocycles. The molecule has 0 aliphatic heterocycles. The van der Waals surface area contributed by atoms with Gasteiger partial charge in [0.2, 0.25) is 0 Å². The van der Waals surface area contributed by atoms with Crippen molar-refractivity contribution < 1.29 is 0 Å². The normalized spacial score (nSPS) is 10.3. The maximum absolute atomic E-state index is 4.31. The maximum atomic E-state index is 4.31. The van der Waals surface area contributed by atoms with Crippen LogP contribution >= 0.6 is 11.8 Å². The van der Waals surface area contributed by atoms with E-state index in [4.69, 9.17) is 0 Å². The van der Waals surface area contributed by atoms with Crippen molar-refractivity contribution in [1.29, 1.82) is 0 Å². The molecular formula is C7H12N2S. The molecule has 0 atom stereocenters. The highest BCUT2D eigenvalue weighted by Crippen LogP contribution is 2.14. The number of aromatic amines is 1. The molecule has 0 bridgehead atoms. The molecule has 0 radical (unpaired) electrons. The van der Waals surface area contributed by atoms with Gasteiger partial charge in [0.25, 0.3) is 0 Å². The number of hydrogen-bond acceptors (Lipinski definition) is 2. The van der Waals surface area contributed by atoms with E-state index in [9.17, 15) is 0 Å². The van der Waals surface area contributed by atoms with E-state index in [0.717, 1.165) is 16.6 Å². The third-order valence-corrected chi connectivity index (χ3v) is 2.14. The highest BCUT2D eigenvalue weighted by Gasteiger charge is 1.99. The molecular weight excluding hydrogens is 144 g/mol. The summed E-state index contributed by atoms with van der Waals surface area (Å²) in [6.07, 6.45) is 0. The first-order valence-corrected chi connectivity index (χ1v) is 4.38. The number of thioether (sulfide) groups is 1. The zero-order chi connectivity index (χ0) is 7.56. The Labute approximate surface area is 65.4 Å². The quantitative estimate of drug-likeness (QED) is 0.664. The number of aryl methyl sites for hydroxylation is 2. The van der Waals surface area contributed by atoms with E-state index in [1.54, 1.807) is 11.8 Å². The second kappa shape index (κ2) is 3.10. The SMILES string of the molecule is CCSc1nc(C)c(C)[nH]1. The van der Waals surface area contributed by atoms with Gasteiger partial charge in [-0.15, -0.1) is 0 Å². The zero-order valence-electron chi connectivity index (χ0n) is 6.56. The van der Waals surface area contributed by atoms with Gasteiger partial charge in [-0.05, 0) is 19.6 Å². The summed E-state index contributed by atoms with van der Waals surface area (Å²) in [4.78, 5) is 7.50. The lowest BCUT2D eigenvalue weighted by Crippen LogP contribution is -1.74. The van der Waals surface area contributed by atoms with Crippen molar-refractivity contribution in [3.05, 3.63) is 11.4 Å². The van der Waals surface area contributed by atoms with Crippen molar-refractivity contribution in [2.75, 3.05) is 5.75 Å². The minimum Gasteiger partial charge on any atom is -0.337 e. The number of rotatable bonds is 2. The van der Waals surface area contributed by atoms with Gasteiger partial charge in [-0.3, -0.25) is 0 Å². The van der Waals surface area contributed by atoms with Gasteiger partial charge in [0.1, 0.15) is 0 Å². The maximum Gasteiger partial charge on any atom is 0.165 e. The fourth-order valence-corrected chi connectivity index (χ4v) is 1.42. The minimum atomic E-state index is 1.04. The Kier molecular flexibility index (Phi) is 2.38. The molecule has 0 amide bonds. The van der Waals surface area contributed by atoms with E-state index in [0.29, 0.717) is 0 Å². The molecule has 0 fully saturated rings. The molecule has 0 saturated heterocycles. The fraction of sp³-hybridized carbons (Fsp3) is 0.571. The number of H-pyrrole nitrogens is 1. The van der Waals surface area contributed by atoms with Crippen LogP contribution in [-0.4, -0.2) is 15.7 Å². The molecule has 0 unspecified atom stereocenters. The molecule has 0 aliphatic rings. The first kappa shape index (κ1) is 7.66. The number of nitrogens with zero attached hydrogens (tertiary/aromatic N) is 1. The summed E-state index contributed by atoms with van der Waals surface area (Å²) in [5.41, 5.74) is 2.28. The second-order valence-corrected chi connectivity index (χ2v) is 3.44. The van der Waals surface area contributed by atoms with E-state index in [2.05, 4.69) is 16.9 Å². The van der Waals surface area contributed by atoms with Gasteiger partial charge in [0, 0.05) is 5.69 Å². The van der Waals surface area contributed by atoms with Crippen LogP contribution in [0.25, 0.3) is 0 Å². The van der Waals surface area contributed by atoms with Gasteiger partial charge in [-0.2, -0.15) is 0 Å². The molecule has 1 aromatic heterocycles. The second-order valence-electron chi connectivity index (χ2n) is 2.19. The number of imidazole rings is 1. The van der Waals surface area contributed by atoms with Gasteiger partial charge >= 0.3 is 0 Å². The first-order chi connectivity index (χ1) is 4.74. The van der Waals surface area contributed by atoms with Crippen molar-refractivity contribution in [3.63, 3.8) is 0 Å². The van der Waals surface area contributed by atoms with Crippen LogP contribution in [-0.2, 0) is 0 Å². The monoisotopic (exact) mass is 156 g/mol. The summed E-state index contributed by atoms with van der Waals surface area (Å²) < 4.78 is 0. The summed E-state index contributed by atoms with van der Waals surface area (Å²) in [5.74, 6) is 1.08. The van der Waals surface area contributed by atoms with Gasteiger partial charge in [-0.25, -0.2) is 4.98 Å². The zero-order valence-corrected chi connectivity index (χ0v) is 7.38. The van der Waals surface area contributed by atoms with Crippen molar-refractivity contribution >= 4 is 11.8 Å². The largest absolute Gasteiger partial charge is 0.337 e. The number of hydrogen-bond donors (Lipinski definition) is 1. The third kappa shape index (κ3) is 1.53. The van der Waals surface area contributed by atoms with Crippen LogP contribution in [0.3, 0.4) is 0 Å². The Morgan fingerprint density at radius 2 is 2.20 bits per heavy atom. The Bertz CT molecular complexity index is 198. The van der Waals surface area contributed by atoms with E-state index in [1.807, 2.05) is 13.8 Å². The lowest BCUT2D eigenvalue weighted by molar-refractivity contribution is 1.03. The molecule has 0 aromatic carbocycles. The van der Waals surface area contributed by atoms with Crippen molar-refractivity contribution in [2.45, 2.75) is 25.9 Å². The number of aromatic nitrogens is 2. The van der Waals surface area contributed by atoms with Crippen LogP contribution in [0.4, 0.5) is 0 Å². The predicted molar refractivity (Wildman–Crippen MR) is 44.5 cm³/mol. The number of nitrogens with one attached hydrogen (secondary N) is 1. The van der Waals surface area contributed by atoms with Gasteiger partial charge < -0.3 is 4.98 Å². The molecule has 56 valence electrons. The molecule has 3 heteroatoms. The summed E-state index contributed by atoms with van der Waals surface area (Å²) >= 11 is 1.74. The smallest absolute Gasteiger partial charge is 0.165 e. The molecule has 1 heterocycles. The fourth-order valence-electron chi connectivity index (χ4n) is 0.720. The lowest BCUT2D eigenvalue weighted by Gasteiger charge is -1.87. The summed E-state index contributed by atoms with van der Waals surface area (Å²) in [7, 11) is 0. The van der Waals surface area contributed by atoms with Crippen LogP contribution in [0.1, 0.15) is 18.3 Å².